The monoisotopic (exact) mass is 334 g/mol. The molecule has 0 spiro atoms. The van der Waals surface area contributed by atoms with Gasteiger partial charge in [0.1, 0.15) is 0 Å². The van der Waals surface area contributed by atoms with Gasteiger partial charge >= 0.3 is 6.18 Å². The number of aryl methyl sites for hydroxylation is 1. The number of benzene rings is 1. The molecule has 0 aliphatic heterocycles. The van der Waals surface area contributed by atoms with E-state index in [1.807, 2.05) is 13.8 Å². The van der Waals surface area contributed by atoms with Crippen molar-refractivity contribution >= 4 is 15.9 Å². The van der Waals surface area contributed by atoms with Crippen molar-refractivity contribution in [2.45, 2.75) is 26.9 Å². The van der Waals surface area contributed by atoms with Gasteiger partial charge in [0.05, 0.1) is 17.6 Å². The van der Waals surface area contributed by atoms with E-state index in [-0.39, 0.29) is 0 Å². The van der Waals surface area contributed by atoms with Gasteiger partial charge in [0.15, 0.2) is 0 Å². The molecule has 19 heavy (non-hydrogen) atoms. The molecular weight excluding hydrogens is 321 g/mol. The van der Waals surface area contributed by atoms with Gasteiger partial charge in [-0.15, -0.1) is 0 Å². The number of hydrogen-bond acceptors (Lipinski definition) is 1. The van der Waals surface area contributed by atoms with Crippen LogP contribution in [0.5, 0.6) is 0 Å². The lowest BCUT2D eigenvalue weighted by atomic mass is 10.2. The molecule has 0 saturated heterocycles. The van der Waals surface area contributed by atoms with E-state index in [4.69, 9.17) is 0 Å². The van der Waals surface area contributed by atoms with Gasteiger partial charge < -0.3 is 4.57 Å². The van der Waals surface area contributed by atoms with E-state index in [0.717, 1.165) is 17.8 Å². The highest BCUT2D eigenvalue weighted by molar-refractivity contribution is 9.10. The summed E-state index contributed by atoms with van der Waals surface area (Å²) in [7, 11) is 0. The van der Waals surface area contributed by atoms with Crippen molar-refractivity contribution in [1.29, 1.82) is 0 Å². The minimum Gasteiger partial charge on any atom is -0.306 e. The molecule has 0 fully saturated rings. The maximum absolute atomic E-state index is 12.6. The van der Waals surface area contributed by atoms with Crippen molar-refractivity contribution in [1.82, 2.24) is 9.55 Å². The molecule has 2 nitrogen and oxygen atoms in total. The SMILES string of the molecule is CC.Cc1cn(-c2cc(Br)cc(C(F)(F)F)c2)cn1. The Kier molecular flexibility index (Phi) is 5.17. The van der Waals surface area contributed by atoms with Crippen LogP contribution < -0.4 is 0 Å². The fourth-order valence-corrected chi connectivity index (χ4v) is 1.93. The lowest BCUT2D eigenvalue weighted by Crippen LogP contribution is -2.06. The molecule has 0 atom stereocenters. The van der Waals surface area contributed by atoms with E-state index in [9.17, 15) is 13.2 Å². The summed E-state index contributed by atoms with van der Waals surface area (Å²) in [5.74, 6) is 0. The standard InChI is InChI=1S/C11H8BrF3N2.C2H6/c1-7-5-17(6-16-7)10-3-8(11(13,14)15)2-9(12)4-10;1-2/h2-6H,1H3;1-2H3. The van der Waals surface area contributed by atoms with Crippen LogP contribution in [0.25, 0.3) is 5.69 Å². The van der Waals surface area contributed by atoms with E-state index in [2.05, 4.69) is 20.9 Å². The highest BCUT2D eigenvalue weighted by Gasteiger charge is 2.31. The molecule has 0 unspecified atom stereocenters. The summed E-state index contributed by atoms with van der Waals surface area (Å²) in [6, 6.07) is 3.75. The molecule has 0 radical (unpaired) electrons. The van der Waals surface area contributed by atoms with Crippen LogP contribution in [0.15, 0.2) is 35.2 Å². The Balaban J connectivity index is 0.000000861. The Morgan fingerprint density at radius 2 is 1.79 bits per heavy atom. The molecule has 2 rings (SSSR count). The van der Waals surface area contributed by atoms with Crippen LogP contribution in [0.4, 0.5) is 13.2 Å². The molecule has 0 aliphatic rings. The predicted molar refractivity (Wildman–Crippen MR) is 72.4 cm³/mol. The quantitative estimate of drug-likeness (QED) is 0.718. The minimum absolute atomic E-state index is 0.383. The molecule has 0 bridgehead atoms. The van der Waals surface area contributed by atoms with E-state index in [1.165, 1.54) is 6.33 Å². The van der Waals surface area contributed by atoms with Crippen molar-refractivity contribution in [2.75, 3.05) is 0 Å². The number of rotatable bonds is 1. The van der Waals surface area contributed by atoms with Gasteiger partial charge in [-0.1, -0.05) is 29.8 Å². The Bertz CT molecular complexity index is 547. The molecule has 1 aromatic carbocycles. The summed E-state index contributed by atoms with van der Waals surface area (Å²) in [5.41, 5.74) is 0.485. The van der Waals surface area contributed by atoms with Crippen molar-refractivity contribution in [3.05, 3.63) is 46.5 Å². The normalized spacial score (nSPS) is 10.9. The number of hydrogen-bond donors (Lipinski definition) is 0. The summed E-state index contributed by atoms with van der Waals surface area (Å²) < 4.78 is 39.8. The van der Waals surface area contributed by atoms with Crippen molar-refractivity contribution in [3.63, 3.8) is 0 Å². The Morgan fingerprint density at radius 3 is 2.26 bits per heavy atom. The second kappa shape index (κ2) is 6.23. The van der Waals surface area contributed by atoms with Gasteiger partial charge in [-0.3, -0.25) is 0 Å². The summed E-state index contributed by atoms with van der Waals surface area (Å²) in [5, 5.41) is 0. The molecule has 1 aromatic heterocycles. The van der Waals surface area contributed by atoms with Gasteiger partial charge in [0, 0.05) is 16.4 Å². The van der Waals surface area contributed by atoms with Crippen LogP contribution in [-0.4, -0.2) is 9.55 Å². The summed E-state index contributed by atoms with van der Waals surface area (Å²) >= 11 is 3.08. The molecule has 0 aliphatic carbocycles. The smallest absolute Gasteiger partial charge is 0.306 e. The lowest BCUT2D eigenvalue weighted by Gasteiger charge is -2.10. The Hall–Kier alpha value is -1.30. The van der Waals surface area contributed by atoms with Crippen LogP contribution in [-0.2, 0) is 6.18 Å². The Morgan fingerprint density at radius 1 is 1.16 bits per heavy atom. The van der Waals surface area contributed by atoms with Gasteiger partial charge in [-0.2, -0.15) is 13.2 Å². The number of alkyl halides is 3. The predicted octanol–water partition coefficient (Wildman–Crippen LogP) is 4.99. The zero-order valence-corrected chi connectivity index (χ0v) is 12.4. The highest BCUT2D eigenvalue weighted by Crippen LogP contribution is 2.32. The third kappa shape index (κ3) is 4.09. The summed E-state index contributed by atoms with van der Waals surface area (Å²) in [4.78, 5) is 3.98. The largest absolute Gasteiger partial charge is 0.416 e. The van der Waals surface area contributed by atoms with Gasteiger partial charge in [0.25, 0.3) is 0 Å². The van der Waals surface area contributed by atoms with Crippen molar-refractivity contribution in [3.8, 4) is 5.69 Å². The zero-order chi connectivity index (χ0) is 14.6. The van der Waals surface area contributed by atoms with Crippen LogP contribution >= 0.6 is 15.9 Å². The summed E-state index contributed by atoms with van der Waals surface area (Å²) in [6.45, 7) is 5.78. The minimum atomic E-state index is -4.35. The molecule has 104 valence electrons. The van der Waals surface area contributed by atoms with Crippen LogP contribution in [0.3, 0.4) is 0 Å². The Labute approximate surface area is 118 Å². The molecular formula is C13H14BrF3N2. The van der Waals surface area contributed by atoms with E-state index >= 15 is 0 Å². The van der Waals surface area contributed by atoms with Gasteiger partial charge in [-0.25, -0.2) is 4.98 Å². The topological polar surface area (TPSA) is 17.8 Å². The average molecular weight is 335 g/mol. The lowest BCUT2D eigenvalue weighted by molar-refractivity contribution is -0.137. The molecule has 2 aromatic rings. The third-order valence-electron chi connectivity index (χ3n) is 2.22. The fourth-order valence-electron chi connectivity index (χ4n) is 1.45. The average Bonchev–Trinajstić information content (AvgIpc) is 2.77. The van der Waals surface area contributed by atoms with Crippen molar-refractivity contribution < 1.29 is 13.2 Å². The summed E-state index contributed by atoms with van der Waals surface area (Å²) in [6.07, 6.45) is -1.20. The first kappa shape index (κ1) is 15.8. The first-order chi connectivity index (χ1) is 8.86. The highest BCUT2D eigenvalue weighted by atomic mass is 79.9. The van der Waals surface area contributed by atoms with E-state index in [1.54, 1.807) is 23.8 Å². The van der Waals surface area contributed by atoms with Crippen LogP contribution in [0.1, 0.15) is 25.1 Å². The number of halogens is 4. The molecule has 0 saturated carbocycles. The maximum Gasteiger partial charge on any atom is 0.416 e. The molecule has 6 heteroatoms. The third-order valence-corrected chi connectivity index (χ3v) is 2.68. The van der Waals surface area contributed by atoms with Gasteiger partial charge in [0.2, 0.25) is 0 Å². The number of nitrogens with zero attached hydrogens (tertiary/aromatic N) is 2. The van der Waals surface area contributed by atoms with E-state index in [0.29, 0.717) is 10.2 Å². The van der Waals surface area contributed by atoms with Crippen molar-refractivity contribution in [2.24, 2.45) is 0 Å². The molecule has 0 N–H and O–H groups in total. The fraction of sp³-hybridized carbons (Fsp3) is 0.308. The zero-order valence-electron chi connectivity index (χ0n) is 10.8. The number of imidazole rings is 1. The van der Waals surface area contributed by atoms with Crippen LogP contribution in [0, 0.1) is 6.92 Å². The van der Waals surface area contributed by atoms with E-state index < -0.39 is 11.7 Å². The molecule has 1 heterocycles. The molecule has 0 amide bonds. The first-order valence-corrected chi connectivity index (χ1v) is 6.54. The second-order valence-electron chi connectivity index (χ2n) is 3.62. The first-order valence-electron chi connectivity index (χ1n) is 5.75. The second-order valence-corrected chi connectivity index (χ2v) is 4.53. The number of aromatic nitrogens is 2. The maximum atomic E-state index is 12.6. The van der Waals surface area contributed by atoms with Crippen LogP contribution in [0.2, 0.25) is 0 Å². The van der Waals surface area contributed by atoms with Gasteiger partial charge in [-0.05, 0) is 25.1 Å².